The SMILES string of the molecule is COc1cc(CNCc2c(C)n[nH]c2C)ccc1OCC(=O)N1CCOCC1. The van der Waals surface area contributed by atoms with Gasteiger partial charge in [-0.15, -0.1) is 0 Å². The summed E-state index contributed by atoms with van der Waals surface area (Å²) in [4.78, 5) is 14.0. The Labute approximate surface area is 165 Å². The third-order valence-corrected chi connectivity index (χ3v) is 4.85. The van der Waals surface area contributed by atoms with Crippen LogP contribution in [0.5, 0.6) is 11.5 Å². The lowest BCUT2D eigenvalue weighted by molar-refractivity contribution is -0.137. The predicted octanol–water partition coefficient (Wildman–Crippen LogP) is 1.56. The van der Waals surface area contributed by atoms with Gasteiger partial charge in [0.05, 0.1) is 26.0 Å². The van der Waals surface area contributed by atoms with Crippen LogP contribution in [0.2, 0.25) is 0 Å². The Bertz CT molecular complexity index is 780. The average Bonchev–Trinajstić information content (AvgIpc) is 3.05. The number of aromatic amines is 1. The second-order valence-corrected chi connectivity index (χ2v) is 6.78. The van der Waals surface area contributed by atoms with E-state index in [2.05, 4.69) is 15.5 Å². The number of methoxy groups -OCH3 is 1. The van der Waals surface area contributed by atoms with Crippen molar-refractivity contribution in [3.63, 3.8) is 0 Å². The van der Waals surface area contributed by atoms with E-state index in [9.17, 15) is 4.79 Å². The first-order chi connectivity index (χ1) is 13.6. The molecule has 0 radical (unpaired) electrons. The molecule has 1 aromatic carbocycles. The lowest BCUT2D eigenvalue weighted by Crippen LogP contribution is -2.43. The van der Waals surface area contributed by atoms with E-state index in [4.69, 9.17) is 14.2 Å². The van der Waals surface area contributed by atoms with Gasteiger partial charge in [0, 0.05) is 37.4 Å². The standard InChI is InChI=1S/C20H28N4O4/c1-14-17(15(2)23-22-14)12-21-11-16-4-5-18(19(10-16)26-3)28-13-20(25)24-6-8-27-9-7-24/h4-5,10,21H,6-9,11-13H2,1-3H3,(H,22,23). The van der Waals surface area contributed by atoms with E-state index < -0.39 is 0 Å². The van der Waals surface area contributed by atoms with Gasteiger partial charge in [0.25, 0.3) is 5.91 Å². The Morgan fingerprint density at radius 2 is 2.04 bits per heavy atom. The van der Waals surface area contributed by atoms with E-state index in [0.29, 0.717) is 44.3 Å². The number of rotatable bonds is 8. The molecule has 2 heterocycles. The maximum Gasteiger partial charge on any atom is 0.260 e. The summed E-state index contributed by atoms with van der Waals surface area (Å²) in [5, 5.41) is 10.6. The van der Waals surface area contributed by atoms with Gasteiger partial charge in [-0.1, -0.05) is 6.07 Å². The zero-order valence-electron chi connectivity index (χ0n) is 16.7. The topological polar surface area (TPSA) is 88.7 Å². The number of hydrogen-bond acceptors (Lipinski definition) is 6. The minimum Gasteiger partial charge on any atom is -0.493 e. The van der Waals surface area contributed by atoms with E-state index in [0.717, 1.165) is 23.5 Å². The van der Waals surface area contributed by atoms with Crippen molar-refractivity contribution in [1.29, 1.82) is 0 Å². The van der Waals surface area contributed by atoms with Crippen molar-refractivity contribution >= 4 is 5.91 Å². The summed E-state index contributed by atoms with van der Waals surface area (Å²) in [6.07, 6.45) is 0. The smallest absolute Gasteiger partial charge is 0.260 e. The number of H-pyrrole nitrogens is 1. The van der Waals surface area contributed by atoms with Gasteiger partial charge in [-0.3, -0.25) is 9.89 Å². The van der Waals surface area contributed by atoms with Crippen LogP contribution in [-0.2, 0) is 22.6 Å². The minimum absolute atomic E-state index is 0.00694. The lowest BCUT2D eigenvalue weighted by atomic mass is 10.1. The number of nitrogens with one attached hydrogen (secondary N) is 2. The molecule has 28 heavy (non-hydrogen) atoms. The zero-order valence-corrected chi connectivity index (χ0v) is 16.7. The number of aromatic nitrogens is 2. The molecular weight excluding hydrogens is 360 g/mol. The van der Waals surface area contributed by atoms with Crippen LogP contribution in [0.4, 0.5) is 0 Å². The Hall–Kier alpha value is -2.58. The third-order valence-electron chi connectivity index (χ3n) is 4.85. The molecule has 0 unspecified atom stereocenters. The van der Waals surface area contributed by atoms with Crippen molar-refractivity contribution in [1.82, 2.24) is 20.4 Å². The second-order valence-electron chi connectivity index (χ2n) is 6.78. The van der Waals surface area contributed by atoms with Crippen LogP contribution >= 0.6 is 0 Å². The highest BCUT2D eigenvalue weighted by Gasteiger charge is 2.18. The fourth-order valence-corrected chi connectivity index (χ4v) is 3.15. The molecule has 1 amide bonds. The Morgan fingerprint density at radius 1 is 1.25 bits per heavy atom. The van der Waals surface area contributed by atoms with Crippen LogP contribution in [0.25, 0.3) is 0 Å². The number of benzene rings is 1. The first kappa shape index (κ1) is 20.2. The monoisotopic (exact) mass is 388 g/mol. The first-order valence-electron chi connectivity index (χ1n) is 9.45. The largest absolute Gasteiger partial charge is 0.493 e. The van der Waals surface area contributed by atoms with Gasteiger partial charge in [-0.25, -0.2) is 0 Å². The van der Waals surface area contributed by atoms with Crippen LogP contribution in [0.3, 0.4) is 0 Å². The lowest BCUT2D eigenvalue weighted by Gasteiger charge is -2.26. The van der Waals surface area contributed by atoms with Crippen molar-refractivity contribution in [2.75, 3.05) is 40.0 Å². The number of hydrogen-bond donors (Lipinski definition) is 2. The Kier molecular flexibility index (Phi) is 6.89. The minimum atomic E-state index is -0.0399. The van der Waals surface area contributed by atoms with Gasteiger partial charge in [0.15, 0.2) is 18.1 Å². The molecule has 1 aliphatic heterocycles. The molecule has 0 saturated carbocycles. The predicted molar refractivity (Wildman–Crippen MR) is 104 cm³/mol. The fraction of sp³-hybridized carbons (Fsp3) is 0.500. The Balaban J connectivity index is 1.53. The normalized spacial score (nSPS) is 14.2. The molecule has 8 heteroatoms. The molecule has 1 aliphatic rings. The van der Waals surface area contributed by atoms with Gasteiger partial charge >= 0.3 is 0 Å². The van der Waals surface area contributed by atoms with Crippen LogP contribution in [0, 0.1) is 13.8 Å². The first-order valence-corrected chi connectivity index (χ1v) is 9.45. The second kappa shape index (κ2) is 9.57. The van der Waals surface area contributed by atoms with Gasteiger partial charge in [-0.05, 0) is 31.5 Å². The number of aryl methyl sites for hydroxylation is 2. The highest BCUT2D eigenvalue weighted by molar-refractivity contribution is 5.78. The van der Waals surface area contributed by atoms with Crippen molar-refractivity contribution < 1.29 is 19.0 Å². The van der Waals surface area contributed by atoms with E-state index in [1.54, 1.807) is 12.0 Å². The molecule has 0 bridgehead atoms. The molecule has 0 atom stereocenters. The summed E-state index contributed by atoms with van der Waals surface area (Å²) >= 11 is 0. The van der Waals surface area contributed by atoms with Crippen LogP contribution in [0.15, 0.2) is 18.2 Å². The molecule has 1 fully saturated rings. The van der Waals surface area contributed by atoms with E-state index >= 15 is 0 Å². The van der Waals surface area contributed by atoms with Gasteiger partial charge in [0.2, 0.25) is 0 Å². The molecule has 2 aromatic rings. The van der Waals surface area contributed by atoms with Crippen LogP contribution in [-0.4, -0.2) is 61.0 Å². The molecule has 1 aromatic heterocycles. The summed E-state index contributed by atoms with van der Waals surface area (Å²) in [6, 6.07) is 5.74. The van der Waals surface area contributed by atoms with E-state index in [-0.39, 0.29) is 12.5 Å². The Morgan fingerprint density at radius 3 is 2.71 bits per heavy atom. The molecule has 1 saturated heterocycles. The van der Waals surface area contributed by atoms with Crippen LogP contribution in [0.1, 0.15) is 22.5 Å². The summed E-state index contributed by atoms with van der Waals surface area (Å²) in [6.45, 7) is 7.81. The molecule has 3 rings (SSSR count). The number of amides is 1. The highest BCUT2D eigenvalue weighted by atomic mass is 16.5. The molecule has 2 N–H and O–H groups in total. The molecule has 152 valence electrons. The number of carbonyl (C=O) groups excluding carboxylic acids is 1. The van der Waals surface area contributed by atoms with Crippen molar-refractivity contribution in [2.45, 2.75) is 26.9 Å². The highest BCUT2D eigenvalue weighted by Crippen LogP contribution is 2.28. The quantitative estimate of drug-likeness (QED) is 0.714. The van der Waals surface area contributed by atoms with Crippen molar-refractivity contribution in [3.8, 4) is 11.5 Å². The van der Waals surface area contributed by atoms with Gasteiger partial charge in [-0.2, -0.15) is 5.10 Å². The number of ether oxygens (including phenoxy) is 3. The van der Waals surface area contributed by atoms with Gasteiger partial charge in [0.1, 0.15) is 0 Å². The third kappa shape index (κ3) is 5.02. The summed E-state index contributed by atoms with van der Waals surface area (Å²) in [5.74, 6) is 1.14. The zero-order chi connectivity index (χ0) is 19.9. The summed E-state index contributed by atoms with van der Waals surface area (Å²) < 4.78 is 16.4. The molecule has 8 nitrogen and oxygen atoms in total. The van der Waals surface area contributed by atoms with E-state index in [1.807, 2.05) is 32.0 Å². The number of morpholine rings is 1. The molecule has 0 aliphatic carbocycles. The van der Waals surface area contributed by atoms with E-state index in [1.165, 1.54) is 5.56 Å². The molecule has 0 spiro atoms. The summed E-state index contributed by atoms with van der Waals surface area (Å²) in [5.41, 5.74) is 4.35. The average molecular weight is 388 g/mol. The maximum atomic E-state index is 12.2. The van der Waals surface area contributed by atoms with Gasteiger partial charge < -0.3 is 24.4 Å². The van der Waals surface area contributed by atoms with Crippen LogP contribution < -0.4 is 14.8 Å². The van der Waals surface area contributed by atoms with Crippen molar-refractivity contribution in [3.05, 3.63) is 40.7 Å². The molecular formula is C20H28N4O4. The number of nitrogens with zero attached hydrogens (tertiary/aromatic N) is 2. The number of carbonyl (C=O) groups is 1. The van der Waals surface area contributed by atoms with Crippen molar-refractivity contribution in [2.24, 2.45) is 0 Å². The fourth-order valence-electron chi connectivity index (χ4n) is 3.15. The summed E-state index contributed by atoms with van der Waals surface area (Å²) in [7, 11) is 1.60. The maximum absolute atomic E-state index is 12.2.